The quantitative estimate of drug-likeness (QED) is 0.784. The van der Waals surface area contributed by atoms with Crippen LogP contribution in [0.4, 0.5) is 5.82 Å². The molecule has 1 atom stereocenters. The van der Waals surface area contributed by atoms with Crippen LogP contribution >= 0.6 is 0 Å². The van der Waals surface area contributed by atoms with E-state index in [0.717, 1.165) is 22.3 Å². The summed E-state index contributed by atoms with van der Waals surface area (Å²) < 4.78 is 7.47. The van der Waals surface area contributed by atoms with Crippen LogP contribution < -0.4 is 5.73 Å². The molecule has 2 N–H and O–H groups in total. The van der Waals surface area contributed by atoms with E-state index in [1.165, 1.54) is 11.9 Å². The van der Waals surface area contributed by atoms with E-state index in [2.05, 4.69) is 29.0 Å². The molecule has 1 unspecified atom stereocenters. The van der Waals surface area contributed by atoms with Crippen LogP contribution in [-0.2, 0) is 11.3 Å². The molecule has 0 spiro atoms. The Morgan fingerprint density at radius 2 is 1.96 bits per heavy atom. The summed E-state index contributed by atoms with van der Waals surface area (Å²) in [6, 6.07) is 8.20. The molecule has 0 aliphatic rings. The summed E-state index contributed by atoms with van der Waals surface area (Å²) in [6.45, 7) is 7.35. The number of nitrogens with two attached hydrogens (primary N) is 1. The van der Waals surface area contributed by atoms with Gasteiger partial charge in [-0.05, 0) is 20.8 Å². The first-order chi connectivity index (χ1) is 11.1. The summed E-state index contributed by atoms with van der Waals surface area (Å²) in [7, 11) is 0. The Kier molecular flexibility index (Phi) is 4.25. The number of nitrogen functional groups attached to an aromatic ring is 1. The van der Waals surface area contributed by atoms with Gasteiger partial charge in [-0.25, -0.2) is 14.6 Å². The van der Waals surface area contributed by atoms with Crippen LogP contribution in [-0.4, -0.2) is 32.5 Å². The molecule has 0 amide bonds. The van der Waals surface area contributed by atoms with Gasteiger partial charge in [0.25, 0.3) is 0 Å². The molecule has 0 saturated carbocycles. The first kappa shape index (κ1) is 15.4. The summed E-state index contributed by atoms with van der Waals surface area (Å²) in [6.07, 6.45) is 1.52. The topological polar surface area (TPSA) is 78.9 Å². The van der Waals surface area contributed by atoms with Crippen molar-refractivity contribution in [3.8, 4) is 11.3 Å². The highest BCUT2D eigenvalue weighted by atomic mass is 16.5. The zero-order chi connectivity index (χ0) is 16.4. The van der Waals surface area contributed by atoms with Gasteiger partial charge in [0.05, 0.1) is 18.0 Å². The van der Waals surface area contributed by atoms with Gasteiger partial charge in [0.15, 0.2) is 5.65 Å². The van der Waals surface area contributed by atoms with E-state index >= 15 is 0 Å². The maximum atomic E-state index is 6.09. The average Bonchev–Trinajstić information content (AvgIpc) is 2.88. The fourth-order valence-electron chi connectivity index (χ4n) is 2.65. The van der Waals surface area contributed by atoms with E-state index in [-0.39, 0.29) is 6.10 Å². The number of nitrogens with zero attached hydrogens (tertiary/aromatic N) is 4. The third kappa shape index (κ3) is 3.03. The lowest BCUT2D eigenvalue weighted by atomic mass is 10.1. The smallest absolute Gasteiger partial charge is 0.164 e. The van der Waals surface area contributed by atoms with Crippen LogP contribution in [0.15, 0.2) is 30.6 Å². The van der Waals surface area contributed by atoms with Gasteiger partial charge in [0.2, 0.25) is 0 Å². The maximum Gasteiger partial charge on any atom is 0.164 e. The standard InChI is InChI=1S/C17H21N5O/c1-4-23-12(3)9-22-17-14(16(18)19-10-20-17)15(21-22)13-7-5-11(2)6-8-13/h5-8,10,12H,4,9H2,1-3H3,(H2,18,19,20). The first-order valence-electron chi connectivity index (χ1n) is 7.75. The normalized spacial score (nSPS) is 12.7. The van der Waals surface area contributed by atoms with E-state index in [4.69, 9.17) is 15.6 Å². The molecular weight excluding hydrogens is 290 g/mol. The Balaban J connectivity index is 2.12. The van der Waals surface area contributed by atoms with Crippen LogP contribution in [0, 0.1) is 6.92 Å². The first-order valence-corrected chi connectivity index (χ1v) is 7.75. The Hall–Kier alpha value is -2.47. The highest BCUT2D eigenvalue weighted by molar-refractivity contribution is 5.98. The SMILES string of the molecule is CCOC(C)Cn1nc(-c2ccc(C)cc2)c2c(N)ncnc21. The number of aromatic nitrogens is 4. The minimum absolute atomic E-state index is 0.0464. The lowest BCUT2D eigenvalue weighted by Gasteiger charge is -2.11. The lowest BCUT2D eigenvalue weighted by Crippen LogP contribution is -2.17. The number of aryl methyl sites for hydroxylation is 1. The van der Waals surface area contributed by atoms with Gasteiger partial charge in [0.1, 0.15) is 17.8 Å². The van der Waals surface area contributed by atoms with Crippen molar-refractivity contribution >= 4 is 16.9 Å². The maximum absolute atomic E-state index is 6.09. The summed E-state index contributed by atoms with van der Waals surface area (Å²) in [5.41, 5.74) is 9.84. The number of hydrogen-bond acceptors (Lipinski definition) is 5. The third-order valence-electron chi connectivity index (χ3n) is 3.76. The number of fused-ring (bicyclic) bond motifs is 1. The number of ether oxygens (including phenoxy) is 1. The van der Waals surface area contributed by atoms with Gasteiger partial charge in [-0.2, -0.15) is 5.10 Å². The van der Waals surface area contributed by atoms with Gasteiger partial charge in [-0.1, -0.05) is 29.8 Å². The summed E-state index contributed by atoms with van der Waals surface area (Å²) in [4.78, 5) is 8.49. The monoisotopic (exact) mass is 311 g/mol. The molecule has 2 aromatic heterocycles. The molecule has 0 saturated heterocycles. The van der Waals surface area contributed by atoms with E-state index in [1.54, 1.807) is 0 Å². The predicted octanol–water partition coefficient (Wildman–Crippen LogP) is 2.81. The predicted molar refractivity (Wildman–Crippen MR) is 91.0 cm³/mol. The number of benzene rings is 1. The van der Waals surface area contributed by atoms with E-state index in [1.807, 2.05) is 30.7 Å². The van der Waals surface area contributed by atoms with Crippen molar-refractivity contribution in [2.45, 2.75) is 33.4 Å². The Morgan fingerprint density at radius 3 is 2.65 bits per heavy atom. The fraction of sp³-hybridized carbons (Fsp3) is 0.353. The fourth-order valence-corrected chi connectivity index (χ4v) is 2.65. The second-order valence-electron chi connectivity index (χ2n) is 5.62. The molecule has 23 heavy (non-hydrogen) atoms. The van der Waals surface area contributed by atoms with Crippen molar-refractivity contribution in [3.63, 3.8) is 0 Å². The molecule has 0 bridgehead atoms. The van der Waals surface area contributed by atoms with Crippen molar-refractivity contribution in [1.82, 2.24) is 19.7 Å². The van der Waals surface area contributed by atoms with Crippen molar-refractivity contribution in [3.05, 3.63) is 36.2 Å². The molecule has 2 heterocycles. The summed E-state index contributed by atoms with van der Waals surface area (Å²) in [5, 5.41) is 5.52. The minimum atomic E-state index is 0.0464. The molecule has 3 rings (SSSR count). The Labute approximate surface area is 135 Å². The zero-order valence-corrected chi connectivity index (χ0v) is 13.7. The third-order valence-corrected chi connectivity index (χ3v) is 3.76. The van der Waals surface area contributed by atoms with Gasteiger partial charge in [-0.3, -0.25) is 0 Å². The molecule has 0 radical (unpaired) electrons. The molecule has 120 valence electrons. The number of hydrogen-bond donors (Lipinski definition) is 1. The van der Waals surface area contributed by atoms with Gasteiger partial charge >= 0.3 is 0 Å². The van der Waals surface area contributed by atoms with E-state index in [9.17, 15) is 0 Å². The minimum Gasteiger partial charge on any atom is -0.383 e. The average molecular weight is 311 g/mol. The second kappa shape index (κ2) is 6.34. The van der Waals surface area contributed by atoms with Gasteiger partial charge in [0, 0.05) is 12.2 Å². The summed E-state index contributed by atoms with van der Waals surface area (Å²) >= 11 is 0. The van der Waals surface area contributed by atoms with Crippen molar-refractivity contribution in [2.75, 3.05) is 12.3 Å². The van der Waals surface area contributed by atoms with Crippen LogP contribution in [0.3, 0.4) is 0 Å². The molecular formula is C17H21N5O. The Bertz CT molecular complexity index is 810. The van der Waals surface area contributed by atoms with E-state index < -0.39 is 0 Å². The molecule has 1 aromatic carbocycles. The van der Waals surface area contributed by atoms with Crippen LogP contribution in [0.1, 0.15) is 19.4 Å². The zero-order valence-electron chi connectivity index (χ0n) is 13.7. The van der Waals surface area contributed by atoms with Crippen molar-refractivity contribution < 1.29 is 4.74 Å². The van der Waals surface area contributed by atoms with Crippen LogP contribution in [0.25, 0.3) is 22.3 Å². The van der Waals surface area contributed by atoms with E-state index in [0.29, 0.717) is 19.0 Å². The number of rotatable bonds is 5. The highest BCUT2D eigenvalue weighted by Crippen LogP contribution is 2.30. The van der Waals surface area contributed by atoms with Crippen LogP contribution in [0.5, 0.6) is 0 Å². The largest absolute Gasteiger partial charge is 0.383 e. The Morgan fingerprint density at radius 1 is 1.22 bits per heavy atom. The van der Waals surface area contributed by atoms with Gasteiger partial charge in [-0.15, -0.1) is 0 Å². The molecule has 6 heteroatoms. The van der Waals surface area contributed by atoms with Crippen LogP contribution in [0.2, 0.25) is 0 Å². The van der Waals surface area contributed by atoms with Crippen molar-refractivity contribution in [1.29, 1.82) is 0 Å². The number of anilines is 1. The highest BCUT2D eigenvalue weighted by Gasteiger charge is 2.18. The molecule has 3 aromatic rings. The lowest BCUT2D eigenvalue weighted by molar-refractivity contribution is 0.0623. The summed E-state index contributed by atoms with van der Waals surface area (Å²) in [5.74, 6) is 0.445. The van der Waals surface area contributed by atoms with Crippen molar-refractivity contribution in [2.24, 2.45) is 0 Å². The molecule has 6 nitrogen and oxygen atoms in total. The molecule has 0 fully saturated rings. The second-order valence-corrected chi connectivity index (χ2v) is 5.62. The van der Waals surface area contributed by atoms with Gasteiger partial charge < -0.3 is 10.5 Å². The molecule has 0 aliphatic heterocycles. The molecule has 0 aliphatic carbocycles.